The molecule has 19 heavy (non-hydrogen) atoms. The van der Waals surface area contributed by atoms with Gasteiger partial charge < -0.3 is 5.32 Å². The number of anilines is 2. The van der Waals surface area contributed by atoms with Crippen LogP contribution in [0.3, 0.4) is 0 Å². The molecule has 0 aliphatic heterocycles. The molecule has 2 rings (SSSR count). The van der Waals surface area contributed by atoms with E-state index >= 15 is 0 Å². The molecule has 0 heterocycles. The zero-order valence-electron chi connectivity index (χ0n) is 10.4. The standard InChI is InChI=1S/C14H14BrN3S/c1-10-5-2-3-8-13(10)16-14(19)18-17-12-7-4-6-11(15)9-12/h2-9,17H,1H3,(H2,16,18,19). The van der Waals surface area contributed by atoms with Crippen molar-refractivity contribution in [2.75, 3.05) is 10.7 Å². The Morgan fingerprint density at radius 3 is 2.63 bits per heavy atom. The van der Waals surface area contributed by atoms with Crippen molar-refractivity contribution in [1.82, 2.24) is 5.43 Å². The van der Waals surface area contributed by atoms with E-state index in [1.165, 1.54) is 0 Å². The summed E-state index contributed by atoms with van der Waals surface area (Å²) in [6.45, 7) is 2.03. The van der Waals surface area contributed by atoms with E-state index < -0.39 is 0 Å². The van der Waals surface area contributed by atoms with Crippen LogP contribution in [0.4, 0.5) is 11.4 Å². The van der Waals surface area contributed by atoms with E-state index in [0.717, 1.165) is 21.4 Å². The number of thiocarbonyl (C=S) groups is 1. The second-order valence-corrected chi connectivity index (χ2v) is 5.35. The summed E-state index contributed by atoms with van der Waals surface area (Å²) in [5, 5.41) is 3.66. The second-order valence-electron chi connectivity index (χ2n) is 4.03. The average Bonchev–Trinajstić information content (AvgIpc) is 2.39. The van der Waals surface area contributed by atoms with Gasteiger partial charge in [0.05, 0.1) is 5.69 Å². The number of halogens is 1. The van der Waals surface area contributed by atoms with Crippen molar-refractivity contribution in [3.8, 4) is 0 Å². The molecule has 0 aliphatic carbocycles. The van der Waals surface area contributed by atoms with Gasteiger partial charge in [-0.15, -0.1) is 0 Å². The van der Waals surface area contributed by atoms with Gasteiger partial charge in [0.2, 0.25) is 0 Å². The molecule has 0 aliphatic rings. The fourth-order valence-corrected chi connectivity index (χ4v) is 2.12. The lowest BCUT2D eigenvalue weighted by Gasteiger charge is -2.14. The minimum atomic E-state index is 0.522. The summed E-state index contributed by atoms with van der Waals surface area (Å²) in [4.78, 5) is 0. The summed E-state index contributed by atoms with van der Waals surface area (Å²) in [5.41, 5.74) is 9.07. The normalized spacial score (nSPS) is 9.79. The Labute approximate surface area is 126 Å². The molecule has 0 saturated carbocycles. The van der Waals surface area contributed by atoms with Gasteiger partial charge in [-0.25, -0.2) is 0 Å². The Balaban J connectivity index is 1.90. The van der Waals surface area contributed by atoms with E-state index in [2.05, 4.69) is 32.1 Å². The minimum Gasteiger partial charge on any atom is -0.331 e. The maximum atomic E-state index is 5.23. The van der Waals surface area contributed by atoms with Gasteiger partial charge in [-0.2, -0.15) is 0 Å². The van der Waals surface area contributed by atoms with Gasteiger partial charge in [-0.3, -0.25) is 10.9 Å². The SMILES string of the molecule is Cc1ccccc1NC(=S)NNc1cccc(Br)c1. The lowest BCUT2D eigenvalue weighted by atomic mass is 10.2. The van der Waals surface area contributed by atoms with Crippen molar-refractivity contribution >= 4 is 44.6 Å². The summed E-state index contributed by atoms with van der Waals surface area (Å²) in [6.07, 6.45) is 0. The van der Waals surface area contributed by atoms with Crippen molar-refractivity contribution in [1.29, 1.82) is 0 Å². The molecule has 0 amide bonds. The van der Waals surface area contributed by atoms with Gasteiger partial charge in [0.15, 0.2) is 5.11 Å². The third kappa shape index (κ3) is 4.22. The molecule has 0 bridgehead atoms. The zero-order chi connectivity index (χ0) is 13.7. The lowest BCUT2D eigenvalue weighted by molar-refractivity contribution is 1.14. The highest BCUT2D eigenvalue weighted by molar-refractivity contribution is 9.10. The molecule has 0 fully saturated rings. The summed E-state index contributed by atoms with van der Waals surface area (Å²) in [5.74, 6) is 0. The first-order valence-corrected chi connectivity index (χ1v) is 6.99. The van der Waals surface area contributed by atoms with E-state index in [-0.39, 0.29) is 0 Å². The topological polar surface area (TPSA) is 36.1 Å². The van der Waals surface area contributed by atoms with E-state index in [0.29, 0.717) is 5.11 Å². The molecule has 5 heteroatoms. The third-order valence-corrected chi connectivity index (χ3v) is 3.24. The first-order chi connectivity index (χ1) is 9.15. The Morgan fingerprint density at radius 2 is 1.89 bits per heavy atom. The molecule has 0 unspecified atom stereocenters. The number of aryl methyl sites for hydroxylation is 1. The van der Waals surface area contributed by atoms with E-state index in [1.807, 2.05) is 55.5 Å². The molecule has 3 nitrogen and oxygen atoms in total. The van der Waals surface area contributed by atoms with Crippen molar-refractivity contribution < 1.29 is 0 Å². The van der Waals surface area contributed by atoms with E-state index in [9.17, 15) is 0 Å². The predicted octanol–water partition coefficient (Wildman–Crippen LogP) is 4.07. The Kier molecular flexibility index (Phi) is 4.76. The number of hydrazine groups is 1. The van der Waals surface area contributed by atoms with Crippen LogP contribution in [-0.4, -0.2) is 5.11 Å². The average molecular weight is 336 g/mol. The molecule has 0 saturated heterocycles. The summed E-state index contributed by atoms with van der Waals surface area (Å²) in [6, 6.07) is 15.8. The van der Waals surface area contributed by atoms with Gasteiger partial charge in [0, 0.05) is 10.2 Å². The molecule has 0 spiro atoms. The highest BCUT2D eigenvalue weighted by Crippen LogP contribution is 2.15. The van der Waals surface area contributed by atoms with Gasteiger partial charge in [0.25, 0.3) is 0 Å². The van der Waals surface area contributed by atoms with Crippen LogP contribution in [-0.2, 0) is 0 Å². The maximum absolute atomic E-state index is 5.23. The van der Waals surface area contributed by atoms with Crippen LogP contribution in [0, 0.1) is 6.92 Å². The minimum absolute atomic E-state index is 0.522. The number of rotatable bonds is 3. The van der Waals surface area contributed by atoms with Gasteiger partial charge in [-0.1, -0.05) is 40.2 Å². The predicted molar refractivity (Wildman–Crippen MR) is 88.3 cm³/mol. The molecule has 0 atom stereocenters. The number of benzene rings is 2. The molecular formula is C14H14BrN3S. The monoisotopic (exact) mass is 335 g/mol. The van der Waals surface area contributed by atoms with Gasteiger partial charge in [0.1, 0.15) is 0 Å². The van der Waals surface area contributed by atoms with Crippen LogP contribution >= 0.6 is 28.1 Å². The van der Waals surface area contributed by atoms with Crippen molar-refractivity contribution in [2.24, 2.45) is 0 Å². The van der Waals surface area contributed by atoms with Crippen LogP contribution in [0.25, 0.3) is 0 Å². The van der Waals surface area contributed by atoms with Crippen molar-refractivity contribution in [3.63, 3.8) is 0 Å². The molecule has 2 aromatic rings. The van der Waals surface area contributed by atoms with Crippen molar-refractivity contribution in [3.05, 3.63) is 58.6 Å². The second kappa shape index (κ2) is 6.54. The smallest absolute Gasteiger partial charge is 0.189 e. The molecule has 0 aromatic heterocycles. The summed E-state index contributed by atoms with van der Waals surface area (Å²) < 4.78 is 1.01. The van der Waals surface area contributed by atoms with Crippen LogP contribution in [0.15, 0.2) is 53.0 Å². The first-order valence-electron chi connectivity index (χ1n) is 5.79. The van der Waals surface area contributed by atoms with Gasteiger partial charge in [-0.05, 0) is 49.0 Å². The van der Waals surface area contributed by atoms with Crippen molar-refractivity contribution in [2.45, 2.75) is 6.92 Å². The van der Waals surface area contributed by atoms with Gasteiger partial charge >= 0.3 is 0 Å². The Hall–Kier alpha value is -1.59. The molecular weight excluding hydrogens is 322 g/mol. The fraction of sp³-hybridized carbons (Fsp3) is 0.0714. The highest BCUT2D eigenvalue weighted by atomic mass is 79.9. The number of nitrogens with one attached hydrogen (secondary N) is 3. The summed E-state index contributed by atoms with van der Waals surface area (Å²) in [7, 11) is 0. The van der Waals surface area contributed by atoms with Crippen LogP contribution in [0.2, 0.25) is 0 Å². The quantitative estimate of drug-likeness (QED) is 0.583. The highest BCUT2D eigenvalue weighted by Gasteiger charge is 2.00. The Bertz CT molecular complexity index is 586. The maximum Gasteiger partial charge on any atom is 0.189 e. The number of para-hydroxylation sites is 1. The lowest BCUT2D eigenvalue weighted by Crippen LogP contribution is -2.33. The van der Waals surface area contributed by atoms with Crippen LogP contribution in [0.1, 0.15) is 5.56 Å². The molecule has 98 valence electrons. The Morgan fingerprint density at radius 1 is 1.11 bits per heavy atom. The fourth-order valence-electron chi connectivity index (χ4n) is 1.56. The number of hydrogen-bond donors (Lipinski definition) is 3. The van der Waals surface area contributed by atoms with Crippen LogP contribution in [0.5, 0.6) is 0 Å². The summed E-state index contributed by atoms with van der Waals surface area (Å²) >= 11 is 8.65. The zero-order valence-corrected chi connectivity index (χ0v) is 12.8. The molecule has 2 aromatic carbocycles. The largest absolute Gasteiger partial charge is 0.331 e. The third-order valence-electron chi connectivity index (χ3n) is 2.54. The molecule has 0 radical (unpaired) electrons. The van der Waals surface area contributed by atoms with E-state index in [4.69, 9.17) is 12.2 Å². The van der Waals surface area contributed by atoms with Crippen LogP contribution < -0.4 is 16.2 Å². The number of hydrogen-bond acceptors (Lipinski definition) is 2. The van der Waals surface area contributed by atoms with E-state index in [1.54, 1.807) is 0 Å². The first kappa shape index (κ1) is 13.8. The molecule has 3 N–H and O–H groups in total.